The van der Waals surface area contributed by atoms with Crippen LogP contribution in [0.2, 0.25) is 0 Å². The number of halogens is 1. The van der Waals surface area contributed by atoms with Gasteiger partial charge in [-0.3, -0.25) is 0 Å². The van der Waals surface area contributed by atoms with E-state index in [1.165, 1.54) is 25.7 Å². The van der Waals surface area contributed by atoms with E-state index in [1.807, 2.05) is 26.0 Å². The van der Waals surface area contributed by atoms with E-state index in [9.17, 15) is 9.50 Å². The van der Waals surface area contributed by atoms with E-state index in [0.29, 0.717) is 5.57 Å². The second-order valence-corrected chi connectivity index (χ2v) is 9.06. The van der Waals surface area contributed by atoms with Crippen LogP contribution >= 0.6 is 0 Å². The van der Waals surface area contributed by atoms with Crippen molar-refractivity contribution < 1.29 is 9.50 Å². The Kier molecular flexibility index (Phi) is 6.34. The van der Waals surface area contributed by atoms with Gasteiger partial charge in [-0.15, -0.1) is 0 Å². The van der Waals surface area contributed by atoms with Gasteiger partial charge in [0.15, 0.2) is 0 Å². The first-order valence-corrected chi connectivity index (χ1v) is 9.89. The molecule has 2 rings (SSSR count). The van der Waals surface area contributed by atoms with Gasteiger partial charge in [0.1, 0.15) is 5.67 Å². The van der Waals surface area contributed by atoms with Gasteiger partial charge >= 0.3 is 0 Å². The molecule has 0 spiro atoms. The van der Waals surface area contributed by atoms with Crippen molar-refractivity contribution in [2.24, 2.45) is 17.8 Å². The van der Waals surface area contributed by atoms with E-state index < -0.39 is 11.3 Å². The van der Waals surface area contributed by atoms with Gasteiger partial charge in [0.05, 0.1) is 5.60 Å². The van der Waals surface area contributed by atoms with Crippen molar-refractivity contribution in [3.63, 3.8) is 0 Å². The van der Waals surface area contributed by atoms with Crippen molar-refractivity contribution >= 4 is 0 Å². The Hall–Kier alpha value is -0.630. The highest BCUT2D eigenvalue weighted by Crippen LogP contribution is 2.44. The zero-order chi connectivity index (χ0) is 18.0. The number of rotatable bonds is 4. The number of allylic oxidation sites excluding steroid dienone is 3. The van der Waals surface area contributed by atoms with Crippen LogP contribution < -0.4 is 0 Å². The van der Waals surface area contributed by atoms with Crippen LogP contribution in [0.15, 0.2) is 23.3 Å². The van der Waals surface area contributed by atoms with Crippen LogP contribution in [0.3, 0.4) is 0 Å². The van der Waals surface area contributed by atoms with Gasteiger partial charge in [-0.25, -0.2) is 4.39 Å². The van der Waals surface area contributed by atoms with Gasteiger partial charge in [-0.2, -0.15) is 0 Å². The Bertz CT molecular complexity index is 467. The lowest BCUT2D eigenvalue weighted by Gasteiger charge is -2.41. The summed E-state index contributed by atoms with van der Waals surface area (Å²) in [6, 6.07) is 0. The molecule has 1 N–H and O–H groups in total. The molecule has 2 aliphatic carbocycles. The van der Waals surface area contributed by atoms with Gasteiger partial charge in [0.2, 0.25) is 0 Å². The lowest BCUT2D eigenvalue weighted by atomic mass is 9.67. The molecule has 0 atom stereocenters. The van der Waals surface area contributed by atoms with Crippen molar-refractivity contribution in [1.29, 1.82) is 0 Å². The average Bonchev–Trinajstić information content (AvgIpc) is 2.53. The van der Waals surface area contributed by atoms with E-state index >= 15 is 0 Å². The minimum absolute atomic E-state index is 0.685. The van der Waals surface area contributed by atoms with Crippen LogP contribution in [0.1, 0.15) is 86.0 Å². The van der Waals surface area contributed by atoms with Crippen molar-refractivity contribution in [2.75, 3.05) is 0 Å². The normalized spacial score (nSPS) is 36.7. The Morgan fingerprint density at radius 2 is 1.46 bits per heavy atom. The Morgan fingerprint density at radius 3 is 1.96 bits per heavy atom. The quantitative estimate of drug-likeness (QED) is 0.591. The summed E-state index contributed by atoms with van der Waals surface area (Å²) in [5, 5.41) is 11.0. The first-order chi connectivity index (χ1) is 11.1. The van der Waals surface area contributed by atoms with E-state index in [0.717, 1.165) is 49.0 Å². The minimum Gasteiger partial charge on any atom is -0.386 e. The number of aliphatic hydroxyl groups is 1. The predicted molar refractivity (Wildman–Crippen MR) is 101 cm³/mol. The summed E-state index contributed by atoms with van der Waals surface area (Å²) in [6.45, 7) is 9.34. The fourth-order valence-electron chi connectivity index (χ4n) is 4.34. The van der Waals surface area contributed by atoms with Crippen molar-refractivity contribution in [2.45, 2.75) is 97.3 Å². The van der Waals surface area contributed by atoms with Crippen LogP contribution in [-0.2, 0) is 0 Å². The third kappa shape index (κ3) is 4.94. The standard InChI is InChI=1S/C22H37FO/c1-16-6-10-19(11-7-16)20-12-14-22(24,15-13-20)18(3)9-8-17(2)21(4,5)23/h8-9,16,19-20,24H,6-7,10-15H2,1-5H3/b17-8+,18-9+. The third-order valence-corrected chi connectivity index (χ3v) is 6.84. The molecule has 0 aromatic heterocycles. The van der Waals surface area contributed by atoms with Crippen LogP contribution in [0, 0.1) is 17.8 Å². The summed E-state index contributed by atoms with van der Waals surface area (Å²) in [4.78, 5) is 0. The second kappa shape index (κ2) is 7.72. The van der Waals surface area contributed by atoms with Crippen LogP contribution in [0.25, 0.3) is 0 Å². The van der Waals surface area contributed by atoms with Gasteiger partial charge in [0, 0.05) is 0 Å². The lowest BCUT2D eigenvalue weighted by molar-refractivity contribution is 0.00908. The topological polar surface area (TPSA) is 20.2 Å². The highest BCUT2D eigenvalue weighted by molar-refractivity contribution is 5.26. The molecule has 2 fully saturated rings. The average molecular weight is 337 g/mol. The Morgan fingerprint density at radius 1 is 0.958 bits per heavy atom. The minimum atomic E-state index is -1.30. The molecule has 0 saturated heterocycles. The molecule has 0 radical (unpaired) electrons. The molecule has 138 valence electrons. The molecule has 0 aromatic carbocycles. The van der Waals surface area contributed by atoms with Crippen LogP contribution in [0.5, 0.6) is 0 Å². The molecule has 0 heterocycles. The fraction of sp³-hybridized carbons (Fsp3) is 0.818. The van der Waals surface area contributed by atoms with Crippen molar-refractivity contribution in [1.82, 2.24) is 0 Å². The molecular weight excluding hydrogens is 299 g/mol. The van der Waals surface area contributed by atoms with Gasteiger partial charge in [-0.1, -0.05) is 31.9 Å². The van der Waals surface area contributed by atoms with Gasteiger partial charge in [-0.05, 0) is 95.1 Å². The summed E-state index contributed by atoms with van der Waals surface area (Å²) >= 11 is 0. The molecule has 0 aromatic rings. The highest BCUT2D eigenvalue weighted by atomic mass is 19.1. The Balaban J connectivity index is 1.94. The summed E-state index contributed by atoms with van der Waals surface area (Å²) in [6.07, 6.45) is 13.3. The van der Waals surface area contributed by atoms with Crippen molar-refractivity contribution in [3.05, 3.63) is 23.3 Å². The van der Waals surface area contributed by atoms with E-state index in [4.69, 9.17) is 0 Å². The zero-order valence-corrected chi connectivity index (χ0v) is 16.4. The summed E-state index contributed by atoms with van der Waals surface area (Å²) < 4.78 is 13.9. The maximum Gasteiger partial charge on any atom is 0.126 e. The zero-order valence-electron chi connectivity index (χ0n) is 16.4. The van der Waals surface area contributed by atoms with Gasteiger partial charge in [0.25, 0.3) is 0 Å². The molecular formula is C22H37FO. The summed E-state index contributed by atoms with van der Waals surface area (Å²) in [7, 11) is 0. The first kappa shape index (κ1) is 19.7. The lowest BCUT2D eigenvalue weighted by Crippen LogP contribution is -2.37. The number of hydrogen-bond donors (Lipinski definition) is 1. The molecule has 0 unspecified atom stereocenters. The highest BCUT2D eigenvalue weighted by Gasteiger charge is 2.37. The summed E-state index contributed by atoms with van der Waals surface area (Å²) in [5.41, 5.74) is -0.289. The molecule has 0 amide bonds. The predicted octanol–water partition coefficient (Wildman–Crippen LogP) is 6.37. The molecule has 2 saturated carbocycles. The molecule has 0 bridgehead atoms. The molecule has 2 aliphatic rings. The van der Waals surface area contributed by atoms with E-state index in [2.05, 4.69) is 6.92 Å². The van der Waals surface area contributed by atoms with Crippen LogP contribution in [0.4, 0.5) is 4.39 Å². The molecule has 0 aliphatic heterocycles. The monoisotopic (exact) mass is 336 g/mol. The van der Waals surface area contributed by atoms with Crippen molar-refractivity contribution in [3.8, 4) is 0 Å². The number of hydrogen-bond acceptors (Lipinski definition) is 1. The van der Waals surface area contributed by atoms with E-state index in [-0.39, 0.29) is 0 Å². The summed E-state index contributed by atoms with van der Waals surface area (Å²) in [5.74, 6) is 2.58. The smallest absolute Gasteiger partial charge is 0.126 e. The van der Waals surface area contributed by atoms with Gasteiger partial charge < -0.3 is 5.11 Å². The molecule has 1 nitrogen and oxygen atoms in total. The third-order valence-electron chi connectivity index (χ3n) is 6.84. The van der Waals surface area contributed by atoms with E-state index in [1.54, 1.807) is 13.8 Å². The van der Waals surface area contributed by atoms with Crippen LogP contribution in [-0.4, -0.2) is 16.4 Å². The fourth-order valence-corrected chi connectivity index (χ4v) is 4.34. The largest absolute Gasteiger partial charge is 0.386 e. The second-order valence-electron chi connectivity index (χ2n) is 9.06. The first-order valence-electron chi connectivity index (χ1n) is 9.89. The number of alkyl halides is 1. The maximum absolute atomic E-state index is 13.9. The Labute approximate surface area is 148 Å². The molecule has 24 heavy (non-hydrogen) atoms. The molecule has 2 heteroatoms. The maximum atomic E-state index is 13.9. The SMILES string of the molecule is C/C(=C\C=C(/C)C1(O)CCC(C2CCC(C)CC2)CC1)C(C)(C)F.